The summed E-state index contributed by atoms with van der Waals surface area (Å²) in [6.07, 6.45) is 1.68. The van der Waals surface area contributed by atoms with Gasteiger partial charge in [0, 0.05) is 28.9 Å². The van der Waals surface area contributed by atoms with Crippen molar-refractivity contribution in [2.75, 3.05) is 11.1 Å². The van der Waals surface area contributed by atoms with Crippen molar-refractivity contribution in [1.29, 1.82) is 0 Å². The van der Waals surface area contributed by atoms with Crippen LogP contribution in [-0.2, 0) is 11.2 Å². The Morgan fingerprint density at radius 2 is 1.94 bits per heavy atom. The van der Waals surface area contributed by atoms with Crippen molar-refractivity contribution in [2.24, 2.45) is 5.92 Å². The molecule has 1 amide bonds. The smallest absolute Gasteiger partial charge is 0.234 e. The van der Waals surface area contributed by atoms with Crippen molar-refractivity contribution in [3.8, 4) is 0 Å². The molecule has 4 aromatic rings. The molecular weight excluding hydrogens is 489 g/mol. The van der Waals surface area contributed by atoms with Crippen molar-refractivity contribution in [3.63, 3.8) is 0 Å². The zero-order chi connectivity index (χ0) is 24.5. The molecule has 1 fully saturated rings. The van der Waals surface area contributed by atoms with Gasteiger partial charge in [0.25, 0.3) is 0 Å². The number of carbonyl (C=O) groups is 1. The number of hydrogen-bond acceptors (Lipinski definition) is 7. The molecule has 0 spiro atoms. The number of hydrogen-bond donors (Lipinski definition) is 3. The summed E-state index contributed by atoms with van der Waals surface area (Å²) in [6.45, 7) is 4.34. The molecule has 1 saturated heterocycles. The van der Waals surface area contributed by atoms with Crippen LogP contribution in [0, 0.1) is 11.7 Å². The fourth-order valence-corrected chi connectivity index (χ4v) is 5.29. The SMILES string of the molecule is CC1NNC(C)C1CCc1nc2c3ccccc3nc(SCC(=O)Nc3ccc(Cl)cc3F)n2n1. The van der Waals surface area contributed by atoms with Crippen LogP contribution in [-0.4, -0.2) is 43.3 Å². The Balaban J connectivity index is 1.37. The van der Waals surface area contributed by atoms with Gasteiger partial charge in [-0.1, -0.05) is 35.5 Å². The van der Waals surface area contributed by atoms with E-state index in [1.165, 1.54) is 23.9 Å². The molecule has 35 heavy (non-hydrogen) atoms. The summed E-state index contributed by atoms with van der Waals surface area (Å²) < 4.78 is 15.7. The highest BCUT2D eigenvalue weighted by atomic mass is 35.5. The van der Waals surface area contributed by atoms with E-state index in [2.05, 4.69) is 30.0 Å². The summed E-state index contributed by atoms with van der Waals surface area (Å²) in [6, 6.07) is 12.6. The highest BCUT2D eigenvalue weighted by Crippen LogP contribution is 2.26. The van der Waals surface area contributed by atoms with Crippen molar-refractivity contribution in [1.82, 2.24) is 30.4 Å². The molecule has 2 aromatic heterocycles. The van der Waals surface area contributed by atoms with Gasteiger partial charge in [-0.3, -0.25) is 15.6 Å². The van der Waals surface area contributed by atoms with E-state index in [4.69, 9.17) is 26.7 Å². The summed E-state index contributed by atoms with van der Waals surface area (Å²) in [5.41, 5.74) is 8.14. The largest absolute Gasteiger partial charge is 0.323 e. The van der Waals surface area contributed by atoms with Crippen molar-refractivity contribution in [3.05, 3.63) is 59.1 Å². The number of thioether (sulfide) groups is 1. The van der Waals surface area contributed by atoms with Crippen LogP contribution >= 0.6 is 23.4 Å². The van der Waals surface area contributed by atoms with E-state index in [0.29, 0.717) is 28.8 Å². The van der Waals surface area contributed by atoms with Crippen LogP contribution in [0.25, 0.3) is 16.6 Å². The van der Waals surface area contributed by atoms with Gasteiger partial charge in [-0.15, -0.1) is 5.10 Å². The number of amides is 1. The molecule has 0 saturated carbocycles. The number of aryl methyl sites for hydroxylation is 1. The molecule has 1 aliphatic heterocycles. The van der Waals surface area contributed by atoms with Crippen LogP contribution in [0.5, 0.6) is 0 Å². The van der Waals surface area contributed by atoms with E-state index in [-0.39, 0.29) is 22.4 Å². The van der Waals surface area contributed by atoms with Crippen molar-refractivity contribution < 1.29 is 9.18 Å². The minimum Gasteiger partial charge on any atom is -0.323 e. The first-order valence-corrected chi connectivity index (χ1v) is 12.8. The molecule has 3 N–H and O–H groups in total. The highest BCUT2D eigenvalue weighted by Gasteiger charge is 2.29. The summed E-state index contributed by atoms with van der Waals surface area (Å²) >= 11 is 7.01. The van der Waals surface area contributed by atoms with Crippen molar-refractivity contribution in [2.45, 2.75) is 43.9 Å². The maximum Gasteiger partial charge on any atom is 0.234 e. The molecule has 2 aromatic carbocycles. The minimum absolute atomic E-state index is 0.0339. The van der Waals surface area contributed by atoms with Gasteiger partial charge < -0.3 is 5.32 Å². The highest BCUT2D eigenvalue weighted by molar-refractivity contribution is 7.99. The number of aromatic nitrogens is 4. The third-order valence-electron chi connectivity index (χ3n) is 6.26. The van der Waals surface area contributed by atoms with Crippen LogP contribution in [0.2, 0.25) is 5.02 Å². The average Bonchev–Trinajstić information content (AvgIpc) is 3.41. The Labute approximate surface area is 211 Å². The van der Waals surface area contributed by atoms with E-state index in [1.54, 1.807) is 4.52 Å². The standard InChI is InChI=1S/C24H25ClFN7OS/c1-13-16(14(2)31-30-13)8-10-21-29-23-17-5-3-4-6-19(17)28-24(33(23)32-21)35-12-22(34)27-20-9-7-15(25)11-18(20)26/h3-7,9,11,13-14,16,30-31H,8,10,12H2,1-2H3,(H,27,34). The molecule has 1 aliphatic rings. The maximum absolute atomic E-state index is 14.0. The third kappa shape index (κ3) is 5.11. The van der Waals surface area contributed by atoms with Gasteiger partial charge >= 0.3 is 0 Å². The Morgan fingerprint density at radius 3 is 2.71 bits per heavy atom. The summed E-state index contributed by atoms with van der Waals surface area (Å²) in [5, 5.41) is 9.03. The van der Waals surface area contributed by atoms with Gasteiger partial charge in [-0.05, 0) is 56.5 Å². The lowest BCUT2D eigenvalue weighted by molar-refractivity contribution is -0.113. The van der Waals surface area contributed by atoms with Crippen LogP contribution in [0.15, 0.2) is 47.6 Å². The molecule has 11 heteroatoms. The van der Waals surface area contributed by atoms with Crippen LogP contribution in [0.4, 0.5) is 10.1 Å². The van der Waals surface area contributed by atoms with Gasteiger partial charge in [0.1, 0.15) is 5.82 Å². The fourth-order valence-electron chi connectivity index (χ4n) is 4.39. The predicted molar refractivity (Wildman–Crippen MR) is 136 cm³/mol. The third-order valence-corrected chi connectivity index (χ3v) is 7.42. The summed E-state index contributed by atoms with van der Waals surface area (Å²) in [5.74, 6) is 0.307. The molecule has 0 aliphatic carbocycles. The topological polar surface area (TPSA) is 96.2 Å². The molecule has 0 radical (unpaired) electrons. The second-order valence-electron chi connectivity index (χ2n) is 8.70. The number of hydrazine groups is 1. The van der Waals surface area contributed by atoms with Gasteiger partial charge in [-0.25, -0.2) is 14.4 Å². The number of carbonyl (C=O) groups excluding carboxylic acids is 1. The Kier molecular flexibility index (Phi) is 6.88. The number of fused-ring (bicyclic) bond motifs is 3. The lowest BCUT2D eigenvalue weighted by Crippen LogP contribution is -2.30. The molecule has 0 bridgehead atoms. The Hall–Kier alpha value is -2.79. The lowest BCUT2D eigenvalue weighted by atomic mass is 9.91. The van der Waals surface area contributed by atoms with Crippen LogP contribution in [0.1, 0.15) is 26.1 Å². The number of rotatable bonds is 7. The first kappa shape index (κ1) is 23.9. The van der Waals surface area contributed by atoms with E-state index in [0.717, 1.165) is 35.6 Å². The molecule has 182 valence electrons. The van der Waals surface area contributed by atoms with E-state index in [1.807, 2.05) is 24.3 Å². The lowest BCUT2D eigenvalue weighted by Gasteiger charge is -2.16. The molecule has 8 nitrogen and oxygen atoms in total. The number of halogens is 2. The van der Waals surface area contributed by atoms with Crippen molar-refractivity contribution >= 4 is 51.5 Å². The number of anilines is 1. The van der Waals surface area contributed by atoms with E-state index < -0.39 is 5.82 Å². The molecule has 2 atom stereocenters. The average molecular weight is 514 g/mol. The fraction of sp³-hybridized carbons (Fsp3) is 0.333. The number of para-hydroxylation sites is 1. The van der Waals surface area contributed by atoms with Gasteiger partial charge in [0.15, 0.2) is 16.6 Å². The Morgan fingerprint density at radius 1 is 1.17 bits per heavy atom. The van der Waals surface area contributed by atoms with Crippen LogP contribution in [0.3, 0.4) is 0 Å². The second-order valence-corrected chi connectivity index (χ2v) is 10.1. The van der Waals surface area contributed by atoms with Crippen LogP contribution < -0.4 is 16.2 Å². The summed E-state index contributed by atoms with van der Waals surface area (Å²) in [7, 11) is 0. The first-order chi connectivity index (χ1) is 16.9. The summed E-state index contributed by atoms with van der Waals surface area (Å²) in [4.78, 5) is 22.1. The first-order valence-electron chi connectivity index (χ1n) is 11.4. The van der Waals surface area contributed by atoms with Gasteiger partial charge in [-0.2, -0.15) is 4.52 Å². The molecule has 3 heterocycles. The molecular formula is C24H25ClFN7OS. The predicted octanol–water partition coefficient (Wildman–Crippen LogP) is 4.23. The zero-order valence-electron chi connectivity index (χ0n) is 19.3. The quantitative estimate of drug-likeness (QED) is 0.251. The zero-order valence-corrected chi connectivity index (χ0v) is 20.8. The number of benzene rings is 2. The second kappa shape index (κ2) is 10.1. The molecule has 5 rings (SSSR count). The minimum atomic E-state index is -0.584. The number of nitrogens with zero attached hydrogens (tertiary/aromatic N) is 4. The van der Waals surface area contributed by atoms with E-state index >= 15 is 0 Å². The normalized spacial score (nSPS) is 20.1. The van der Waals surface area contributed by atoms with Gasteiger partial charge in [0.2, 0.25) is 5.91 Å². The maximum atomic E-state index is 14.0. The van der Waals surface area contributed by atoms with Gasteiger partial charge in [0.05, 0.1) is 17.0 Å². The number of nitrogens with one attached hydrogen (secondary N) is 3. The van der Waals surface area contributed by atoms with E-state index in [9.17, 15) is 9.18 Å². The molecule has 2 unspecified atom stereocenters. The monoisotopic (exact) mass is 513 g/mol. The Bertz CT molecular complexity index is 1390.